The molecule has 1 aliphatic heterocycles. The second kappa shape index (κ2) is 5.18. The van der Waals surface area contributed by atoms with Crippen molar-refractivity contribution in [2.75, 3.05) is 33.4 Å². The number of ether oxygens (including phenoxy) is 2. The predicted octanol–water partition coefficient (Wildman–Crippen LogP) is -0.184. The van der Waals surface area contributed by atoms with E-state index >= 15 is 0 Å². The molecule has 0 aliphatic carbocycles. The number of para-hydroxylation sites is 1. The van der Waals surface area contributed by atoms with E-state index in [4.69, 9.17) is 9.47 Å². The maximum Gasteiger partial charge on any atom is 0.166 e. The average molecular weight is 224 g/mol. The molecule has 4 nitrogen and oxygen atoms in total. The summed E-state index contributed by atoms with van der Waals surface area (Å²) in [6, 6.07) is 5.63. The normalized spacial score (nSPS) is 17.3. The van der Waals surface area contributed by atoms with Gasteiger partial charge in [-0.25, -0.2) is 0 Å². The van der Waals surface area contributed by atoms with Crippen LogP contribution in [0.5, 0.6) is 11.5 Å². The van der Waals surface area contributed by atoms with Crippen molar-refractivity contribution in [1.82, 2.24) is 0 Å². The van der Waals surface area contributed by atoms with Crippen LogP contribution in [0.1, 0.15) is 5.56 Å². The summed E-state index contributed by atoms with van der Waals surface area (Å²) >= 11 is 0. The van der Waals surface area contributed by atoms with Crippen LogP contribution in [-0.4, -0.2) is 38.5 Å². The molecule has 1 fully saturated rings. The van der Waals surface area contributed by atoms with Crippen LogP contribution in [0, 0.1) is 0 Å². The van der Waals surface area contributed by atoms with Crippen LogP contribution in [0.2, 0.25) is 0 Å². The van der Waals surface area contributed by atoms with Crippen molar-refractivity contribution in [1.29, 1.82) is 0 Å². The Hall–Kier alpha value is -1.26. The van der Waals surface area contributed by atoms with Gasteiger partial charge in [0, 0.05) is 0 Å². The molecular weight excluding hydrogens is 206 g/mol. The molecular formula is C12H18NO3+. The van der Waals surface area contributed by atoms with E-state index in [9.17, 15) is 5.11 Å². The Morgan fingerprint density at radius 1 is 1.38 bits per heavy atom. The number of rotatable bonds is 3. The van der Waals surface area contributed by atoms with E-state index < -0.39 is 0 Å². The Morgan fingerprint density at radius 2 is 2.12 bits per heavy atom. The number of hydrogen-bond acceptors (Lipinski definition) is 3. The zero-order chi connectivity index (χ0) is 11.4. The zero-order valence-corrected chi connectivity index (χ0v) is 9.53. The SMILES string of the molecule is COc1cccc(C[NH+]2CCOCC2)c1O. The first kappa shape index (κ1) is 11.2. The summed E-state index contributed by atoms with van der Waals surface area (Å²) in [7, 11) is 1.57. The molecule has 0 spiro atoms. The van der Waals surface area contributed by atoms with Gasteiger partial charge in [0.1, 0.15) is 19.6 Å². The van der Waals surface area contributed by atoms with Gasteiger partial charge >= 0.3 is 0 Å². The van der Waals surface area contributed by atoms with E-state index in [-0.39, 0.29) is 5.75 Å². The highest BCUT2D eigenvalue weighted by molar-refractivity contribution is 5.44. The second-order valence-electron chi connectivity index (χ2n) is 4.01. The minimum absolute atomic E-state index is 0.268. The summed E-state index contributed by atoms with van der Waals surface area (Å²) in [5.41, 5.74) is 0.941. The lowest BCUT2D eigenvalue weighted by molar-refractivity contribution is -0.921. The fourth-order valence-electron chi connectivity index (χ4n) is 1.98. The van der Waals surface area contributed by atoms with E-state index in [0.29, 0.717) is 5.75 Å². The van der Waals surface area contributed by atoms with E-state index in [1.54, 1.807) is 13.2 Å². The molecule has 0 amide bonds. The number of quaternary nitrogens is 1. The first-order valence-electron chi connectivity index (χ1n) is 5.57. The largest absolute Gasteiger partial charge is 0.504 e. The minimum atomic E-state index is 0.268. The summed E-state index contributed by atoms with van der Waals surface area (Å²) in [6.07, 6.45) is 0. The van der Waals surface area contributed by atoms with Gasteiger partial charge in [0.25, 0.3) is 0 Å². The predicted molar refractivity (Wildman–Crippen MR) is 59.9 cm³/mol. The standard InChI is InChI=1S/C12H17NO3/c1-15-11-4-2-3-10(12(11)14)9-13-5-7-16-8-6-13/h2-4,14H,5-9H2,1H3/p+1. The quantitative estimate of drug-likeness (QED) is 0.748. The number of benzene rings is 1. The number of aromatic hydroxyl groups is 1. The smallest absolute Gasteiger partial charge is 0.166 e. The molecule has 1 saturated heterocycles. The number of nitrogens with one attached hydrogen (secondary N) is 1. The Bertz CT molecular complexity index is 348. The third-order valence-corrected chi connectivity index (χ3v) is 2.94. The van der Waals surface area contributed by atoms with Gasteiger partial charge in [-0.1, -0.05) is 6.07 Å². The van der Waals surface area contributed by atoms with Gasteiger partial charge in [-0.2, -0.15) is 0 Å². The maximum atomic E-state index is 9.95. The van der Waals surface area contributed by atoms with Crippen LogP contribution in [0.15, 0.2) is 18.2 Å². The van der Waals surface area contributed by atoms with Gasteiger partial charge in [-0.3, -0.25) is 0 Å². The molecule has 1 heterocycles. The molecule has 1 aromatic rings. The molecule has 0 aromatic heterocycles. The Kier molecular flexibility index (Phi) is 3.64. The Morgan fingerprint density at radius 3 is 2.81 bits per heavy atom. The highest BCUT2D eigenvalue weighted by Crippen LogP contribution is 2.28. The van der Waals surface area contributed by atoms with Crippen molar-refractivity contribution >= 4 is 0 Å². The molecule has 1 aromatic carbocycles. The third kappa shape index (κ3) is 2.46. The van der Waals surface area contributed by atoms with Gasteiger partial charge in [-0.15, -0.1) is 0 Å². The highest BCUT2D eigenvalue weighted by Gasteiger charge is 2.17. The second-order valence-corrected chi connectivity index (χ2v) is 4.01. The van der Waals surface area contributed by atoms with Crippen molar-refractivity contribution < 1.29 is 19.5 Å². The van der Waals surface area contributed by atoms with Crippen molar-refractivity contribution in [2.24, 2.45) is 0 Å². The van der Waals surface area contributed by atoms with Crippen molar-refractivity contribution in [3.63, 3.8) is 0 Å². The molecule has 0 unspecified atom stereocenters. The lowest BCUT2D eigenvalue weighted by Gasteiger charge is -2.24. The Balaban J connectivity index is 2.08. The van der Waals surface area contributed by atoms with Crippen LogP contribution in [0.4, 0.5) is 0 Å². The van der Waals surface area contributed by atoms with E-state index in [1.165, 1.54) is 4.90 Å². The molecule has 0 saturated carbocycles. The first-order valence-corrected chi connectivity index (χ1v) is 5.57. The van der Waals surface area contributed by atoms with E-state index in [2.05, 4.69) is 0 Å². The molecule has 88 valence electrons. The molecule has 0 bridgehead atoms. The van der Waals surface area contributed by atoms with Crippen LogP contribution in [0.25, 0.3) is 0 Å². The zero-order valence-electron chi connectivity index (χ0n) is 9.53. The van der Waals surface area contributed by atoms with Gasteiger partial charge in [-0.05, 0) is 12.1 Å². The van der Waals surface area contributed by atoms with Crippen molar-refractivity contribution in [3.05, 3.63) is 23.8 Å². The third-order valence-electron chi connectivity index (χ3n) is 2.94. The van der Waals surface area contributed by atoms with Crippen molar-refractivity contribution in [2.45, 2.75) is 6.54 Å². The van der Waals surface area contributed by atoms with Gasteiger partial charge in [0.05, 0.1) is 25.9 Å². The van der Waals surface area contributed by atoms with Crippen LogP contribution in [-0.2, 0) is 11.3 Å². The first-order chi connectivity index (χ1) is 7.81. The van der Waals surface area contributed by atoms with Gasteiger partial charge in [0.15, 0.2) is 11.5 Å². The van der Waals surface area contributed by atoms with Crippen LogP contribution in [0.3, 0.4) is 0 Å². The number of hydrogen-bond donors (Lipinski definition) is 2. The lowest BCUT2D eigenvalue weighted by atomic mass is 10.1. The highest BCUT2D eigenvalue weighted by atomic mass is 16.5. The molecule has 1 aliphatic rings. The maximum absolute atomic E-state index is 9.95. The summed E-state index contributed by atoms with van der Waals surface area (Å²) in [6.45, 7) is 4.43. The topological polar surface area (TPSA) is 43.1 Å². The van der Waals surface area contributed by atoms with Crippen LogP contribution >= 0.6 is 0 Å². The van der Waals surface area contributed by atoms with Crippen molar-refractivity contribution in [3.8, 4) is 11.5 Å². The molecule has 2 N–H and O–H groups in total. The summed E-state index contributed by atoms with van der Waals surface area (Å²) in [5.74, 6) is 0.814. The molecule has 0 atom stereocenters. The van der Waals surface area contributed by atoms with E-state index in [0.717, 1.165) is 38.4 Å². The summed E-state index contributed by atoms with van der Waals surface area (Å²) in [4.78, 5) is 1.44. The fraction of sp³-hybridized carbons (Fsp3) is 0.500. The summed E-state index contributed by atoms with van der Waals surface area (Å²) < 4.78 is 10.4. The number of phenolic OH excluding ortho intramolecular Hbond substituents is 1. The fourth-order valence-corrected chi connectivity index (χ4v) is 1.98. The van der Waals surface area contributed by atoms with Gasteiger partial charge in [0.2, 0.25) is 0 Å². The number of morpholine rings is 1. The van der Waals surface area contributed by atoms with E-state index in [1.807, 2.05) is 12.1 Å². The minimum Gasteiger partial charge on any atom is -0.504 e. The van der Waals surface area contributed by atoms with Crippen LogP contribution < -0.4 is 9.64 Å². The summed E-state index contributed by atoms with van der Waals surface area (Å²) in [5, 5.41) is 9.95. The molecule has 16 heavy (non-hydrogen) atoms. The average Bonchev–Trinajstić information content (AvgIpc) is 2.33. The number of methoxy groups -OCH3 is 1. The van der Waals surface area contributed by atoms with Gasteiger partial charge < -0.3 is 19.5 Å². The molecule has 2 rings (SSSR count). The molecule has 0 radical (unpaired) electrons. The Labute approximate surface area is 95.4 Å². The lowest BCUT2D eigenvalue weighted by Crippen LogP contribution is -3.12. The number of phenols is 1. The monoisotopic (exact) mass is 224 g/mol. The molecule has 4 heteroatoms.